The molecule has 102 valence electrons. The molecule has 20 heavy (non-hydrogen) atoms. The zero-order valence-electron chi connectivity index (χ0n) is 10.5. The molecular formula is C14H12N2O4. The number of ether oxygens (including phenoxy) is 1. The Morgan fingerprint density at radius 2 is 2.10 bits per heavy atom. The first-order valence-electron chi connectivity index (χ1n) is 6.24. The molecule has 0 bridgehead atoms. The molecule has 0 aliphatic heterocycles. The number of para-hydroxylation sites is 1. The number of carboxylic acid groups (broad SMARTS) is 1. The Balaban J connectivity index is 1.98. The maximum atomic E-state index is 12.2. The van der Waals surface area contributed by atoms with Crippen molar-refractivity contribution in [3.63, 3.8) is 0 Å². The Kier molecular flexibility index (Phi) is 2.98. The van der Waals surface area contributed by atoms with Crippen molar-refractivity contribution < 1.29 is 14.6 Å². The summed E-state index contributed by atoms with van der Waals surface area (Å²) >= 11 is 0. The van der Waals surface area contributed by atoms with Gasteiger partial charge in [0.05, 0.1) is 0 Å². The van der Waals surface area contributed by atoms with Crippen molar-refractivity contribution in [2.45, 2.75) is 18.9 Å². The van der Waals surface area contributed by atoms with Gasteiger partial charge in [-0.3, -0.25) is 4.79 Å². The molecule has 2 aromatic rings. The van der Waals surface area contributed by atoms with Gasteiger partial charge in [0.15, 0.2) is 0 Å². The topological polar surface area (TPSA) is 81.4 Å². The minimum Gasteiger partial charge on any atom is -0.478 e. The van der Waals surface area contributed by atoms with Crippen LogP contribution in [0.25, 0.3) is 0 Å². The predicted octanol–water partition coefficient (Wildman–Crippen LogP) is 2.07. The molecule has 6 nitrogen and oxygen atoms in total. The third-order valence-corrected chi connectivity index (χ3v) is 3.10. The molecule has 0 saturated heterocycles. The molecule has 1 fully saturated rings. The molecule has 1 aromatic heterocycles. The average Bonchev–Trinajstić information content (AvgIpc) is 3.26. The largest absolute Gasteiger partial charge is 0.478 e. The van der Waals surface area contributed by atoms with Gasteiger partial charge in [0.25, 0.3) is 5.88 Å². The molecule has 0 unspecified atom stereocenters. The molecule has 1 saturated carbocycles. The van der Waals surface area contributed by atoms with Crippen molar-refractivity contribution in [2.75, 3.05) is 0 Å². The van der Waals surface area contributed by atoms with E-state index in [9.17, 15) is 9.59 Å². The summed E-state index contributed by atoms with van der Waals surface area (Å²) in [5.41, 5.74) is -0.342. The Morgan fingerprint density at radius 3 is 2.80 bits per heavy atom. The van der Waals surface area contributed by atoms with Crippen LogP contribution in [0.15, 0.2) is 41.5 Å². The standard InChI is InChI=1S/C14H12N2O4/c17-13-12(15-7-8-16(13)9-5-6-9)20-11-4-2-1-3-10(11)14(18)19/h1-4,7-9H,5-6H2,(H,18,19). The van der Waals surface area contributed by atoms with Crippen LogP contribution in [-0.2, 0) is 0 Å². The van der Waals surface area contributed by atoms with E-state index in [1.807, 2.05) is 0 Å². The van der Waals surface area contributed by atoms with E-state index < -0.39 is 5.97 Å². The lowest BCUT2D eigenvalue weighted by Crippen LogP contribution is -2.20. The molecular weight excluding hydrogens is 260 g/mol. The van der Waals surface area contributed by atoms with Crippen LogP contribution >= 0.6 is 0 Å². The third kappa shape index (κ3) is 2.27. The van der Waals surface area contributed by atoms with Crippen molar-refractivity contribution in [1.82, 2.24) is 9.55 Å². The fourth-order valence-electron chi connectivity index (χ4n) is 1.95. The van der Waals surface area contributed by atoms with Gasteiger partial charge in [-0.15, -0.1) is 0 Å². The van der Waals surface area contributed by atoms with Gasteiger partial charge in [-0.1, -0.05) is 12.1 Å². The molecule has 0 spiro atoms. The average molecular weight is 272 g/mol. The van der Waals surface area contributed by atoms with Crippen LogP contribution in [0.2, 0.25) is 0 Å². The van der Waals surface area contributed by atoms with Crippen LogP contribution < -0.4 is 10.3 Å². The van der Waals surface area contributed by atoms with E-state index in [0.717, 1.165) is 12.8 Å². The maximum absolute atomic E-state index is 12.2. The summed E-state index contributed by atoms with van der Waals surface area (Å²) in [5.74, 6) is -1.11. The monoisotopic (exact) mass is 272 g/mol. The number of hydrogen-bond donors (Lipinski definition) is 1. The van der Waals surface area contributed by atoms with Crippen molar-refractivity contribution >= 4 is 5.97 Å². The van der Waals surface area contributed by atoms with Gasteiger partial charge in [0.1, 0.15) is 11.3 Å². The zero-order valence-corrected chi connectivity index (χ0v) is 10.5. The first-order valence-corrected chi connectivity index (χ1v) is 6.24. The normalized spacial score (nSPS) is 14.0. The summed E-state index contributed by atoms with van der Waals surface area (Å²) in [4.78, 5) is 27.2. The molecule has 1 aliphatic carbocycles. The Labute approximate surface area is 114 Å². The number of carboxylic acids is 1. The van der Waals surface area contributed by atoms with E-state index in [0.29, 0.717) is 0 Å². The molecule has 1 N–H and O–H groups in total. The smallest absolute Gasteiger partial charge is 0.339 e. The highest BCUT2D eigenvalue weighted by Gasteiger charge is 2.26. The quantitative estimate of drug-likeness (QED) is 0.921. The summed E-state index contributed by atoms with van der Waals surface area (Å²) in [5, 5.41) is 9.08. The fraction of sp³-hybridized carbons (Fsp3) is 0.214. The van der Waals surface area contributed by atoms with Gasteiger partial charge in [0, 0.05) is 18.4 Å². The van der Waals surface area contributed by atoms with Crippen LogP contribution in [0, 0.1) is 0 Å². The summed E-state index contributed by atoms with van der Waals surface area (Å²) < 4.78 is 6.97. The predicted molar refractivity (Wildman–Crippen MR) is 70.2 cm³/mol. The van der Waals surface area contributed by atoms with Crippen LogP contribution in [0.1, 0.15) is 29.2 Å². The van der Waals surface area contributed by atoms with E-state index in [4.69, 9.17) is 9.84 Å². The lowest BCUT2D eigenvalue weighted by molar-refractivity contribution is 0.0694. The van der Waals surface area contributed by atoms with Gasteiger partial charge in [-0.05, 0) is 25.0 Å². The van der Waals surface area contributed by atoms with Gasteiger partial charge in [0.2, 0.25) is 0 Å². The van der Waals surface area contributed by atoms with Crippen LogP contribution in [0.3, 0.4) is 0 Å². The number of carbonyl (C=O) groups is 1. The van der Waals surface area contributed by atoms with Gasteiger partial charge in [-0.25, -0.2) is 9.78 Å². The molecule has 6 heteroatoms. The Morgan fingerprint density at radius 1 is 1.35 bits per heavy atom. The van der Waals surface area contributed by atoms with Gasteiger partial charge in [-0.2, -0.15) is 0 Å². The van der Waals surface area contributed by atoms with Gasteiger partial charge >= 0.3 is 11.5 Å². The molecule has 0 amide bonds. The number of nitrogens with zero attached hydrogens (tertiary/aromatic N) is 2. The van der Waals surface area contributed by atoms with Crippen molar-refractivity contribution in [3.8, 4) is 11.6 Å². The van der Waals surface area contributed by atoms with Crippen LogP contribution in [-0.4, -0.2) is 20.6 Å². The van der Waals surface area contributed by atoms with Crippen LogP contribution in [0.4, 0.5) is 0 Å². The maximum Gasteiger partial charge on any atom is 0.339 e. The summed E-state index contributed by atoms with van der Waals surface area (Å²) in [6, 6.07) is 6.36. The molecule has 1 heterocycles. The van der Waals surface area contributed by atoms with E-state index in [-0.39, 0.29) is 28.8 Å². The molecule has 1 aromatic carbocycles. The van der Waals surface area contributed by atoms with E-state index >= 15 is 0 Å². The first kappa shape index (κ1) is 12.4. The number of hydrogen-bond acceptors (Lipinski definition) is 4. The minimum absolute atomic E-state index is 0.00414. The molecule has 0 atom stereocenters. The summed E-state index contributed by atoms with van der Waals surface area (Å²) in [7, 11) is 0. The lowest BCUT2D eigenvalue weighted by atomic mass is 10.2. The molecule has 1 aliphatic rings. The van der Waals surface area contributed by atoms with Crippen molar-refractivity contribution in [3.05, 3.63) is 52.6 Å². The first-order chi connectivity index (χ1) is 9.66. The second-order valence-corrected chi connectivity index (χ2v) is 4.58. The van der Waals surface area contributed by atoms with Gasteiger partial charge < -0.3 is 14.4 Å². The summed E-state index contributed by atoms with van der Waals surface area (Å²) in [6.45, 7) is 0. The lowest BCUT2D eigenvalue weighted by Gasteiger charge is -2.09. The number of aromatic nitrogens is 2. The highest BCUT2D eigenvalue weighted by molar-refractivity contribution is 5.90. The van der Waals surface area contributed by atoms with Crippen molar-refractivity contribution in [2.24, 2.45) is 0 Å². The highest BCUT2D eigenvalue weighted by Crippen LogP contribution is 2.33. The number of rotatable bonds is 4. The third-order valence-electron chi connectivity index (χ3n) is 3.10. The molecule has 3 rings (SSSR count). The number of benzene rings is 1. The Hall–Kier alpha value is -2.63. The second kappa shape index (κ2) is 4.80. The highest BCUT2D eigenvalue weighted by atomic mass is 16.5. The SMILES string of the molecule is O=C(O)c1ccccc1Oc1nccn(C2CC2)c1=O. The summed E-state index contributed by atoms with van der Waals surface area (Å²) in [6.07, 6.45) is 5.04. The van der Waals surface area contributed by atoms with E-state index in [1.54, 1.807) is 22.9 Å². The second-order valence-electron chi connectivity index (χ2n) is 4.58. The Bertz CT molecular complexity index is 719. The number of aromatic carboxylic acids is 1. The van der Waals surface area contributed by atoms with Crippen molar-refractivity contribution in [1.29, 1.82) is 0 Å². The minimum atomic E-state index is -1.11. The van der Waals surface area contributed by atoms with E-state index in [1.165, 1.54) is 18.3 Å². The van der Waals surface area contributed by atoms with E-state index in [2.05, 4.69) is 4.98 Å². The zero-order chi connectivity index (χ0) is 14.1. The molecule has 0 radical (unpaired) electrons. The fourth-order valence-corrected chi connectivity index (χ4v) is 1.95. The van der Waals surface area contributed by atoms with Crippen LogP contribution in [0.5, 0.6) is 11.6 Å².